The highest BCUT2D eigenvalue weighted by Crippen LogP contribution is 2.30. The van der Waals surface area contributed by atoms with Gasteiger partial charge in [-0.1, -0.05) is 24.2 Å². The van der Waals surface area contributed by atoms with Crippen molar-refractivity contribution in [3.63, 3.8) is 0 Å². The van der Waals surface area contributed by atoms with Crippen LogP contribution in [0.1, 0.15) is 24.7 Å². The van der Waals surface area contributed by atoms with Crippen LogP contribution in [0.2, 0.25) is 17.7 Å². The van der Waals surface area contributed by atoms with Gasteiger partial charge in [-0.15, -0.1) is 0 Å². The van der Waals surface area contributed by atoms with Crippen LogP contribution < -0.4 is 5.23 Å². The van der Waals surface area contributed by atoms with Crippen molar-refractivity contribution in [1.29, 1.82) is 0 Å². The van der Waals surface area contributed by atoms with Crippen molar-refractivity contribution in [2.24, 2.45) is 0 Å². The summed E-state index contributed by atoms with van der Waals surface area (Å²) in [6.07, 6.45) is 2.21. The van der Waals surface area contributed by atoms with E-state index in [-0.39, 0.29) is 0 Å². The van der Waals surface area contributed by atoms with Crippen molar-refractivity contribution in [3.8, 4) is 0 Å². The fourth-order valence-electron chi connectivity index (χ4n) is 2.52. The standard InChI is InChI=1S/C12H22B2ClN3O/c1-8(16-14-2)6-19-7-10-12(15)11-5-9(13)3-4-18(11)17-10/h8-9,14,16H,3-7,13H2,1-2H3/t8-,9?/m0/s1. The minimum Gasteiger partial charge on any atom is -0.373 e. The Balaban J connectivity index is 1.91. The zero-order valence-corrected chi connectivity index (χ0v) is 12.8. The zero-order valence-electron chi connectivity index (χ0n) is 12.1. The quantitative estimate of drug-likeness (QED) is 0.784. The minimum atomic E-state index is 0.362. The molecule has 0 spiro atoms. The Hall–Kier alpha value is -0.450. The molecule has 1 N–H and O–H groups in total. The normalized spacial score (nSPS) is 20.1. The number of aromatic nitrogens is 2. The van der Waals surface area contributed by atoms with E-state index in [0.717, 1.165) is 31.1 Å². The Morgan fingerprint density at radius 2 is 2.47 bits per heavy atom. The second-order valence-corrected chi connectivity index (χ2v) is 5.88. The number of nitrogens with zero attached hydrogens (tertiary/aromatic N) is 2. The number of halogens is 1. The molecule has 0 saturated heterocycles. The topological polar surface area (TPSA) is 39.1 Å². The first-order valence-electron chi connectivity index (χ1n) is 7.17. The van der Waals surface area contributed by atoms with Gasteiger partial charge in [0.15, 0.2) is 7.41 Å². The van der Waals surface area contributed by atoms with Gasteiger partial charge in [-0.2, -0.15) is 5.10 Å². The lowest BCUT2D eigenvalue weighted by Gasteiger charge is -2.19. The number of aryl methyl sites for hydroxylation is 1. The molecule has 0 aromatic carbocycles. The van der Waals surface area contributed by atoms with Crippen LogP contribution in [0.4, 0.5) is 0 Å². The molecule has 1 aliphatic rings. The van der Waals surface area contributed by atoms with Crippen LogP contribution in [0, 0.1) is 0 Å². The third kappa shape index (κ3) is 3.77. The number of ether oxygens (including phenoxy) is 1. The van der Waals surface area contributed by atoms with Crippen LogP contribution in [-0.2, 0) is 24.3 Å². The molecule has 4 nitrogen and oxygen atoms in total. The van der Waals surface area contributed by atoms with Gasteiger partial charge in [0.05, 0.1) is 23.9 Å². The Kier molecular flexibility index (Phi) is 5.37. The smallest absolute Gasteiger partial charge is 0.198 e. The van der Waals surface area contributed by atoms with Gasteiger partial charge in [0, 0.05) is 12.6 Å². The van der Waals surface area contributed by atoms with E-state index in [1.807, 2.05) is 0 Å². The second kappa shape index (κ2) is 6.82. The average molecular weight is 281 g/mol. The van der Waals surface area contributed by atoms with Crippen LogP contribution in [0.25, 0.3) is 0 Å². The monoisotopic (exact) mass is 281 g/mol. The van der Waals surface area contributed by atoms with E-state index < -0.39 is 0 Å². The van der Waals surface area contributed by atoms with E-state index >= 15 is 0 Å². The first-order chi connectivity index (χ1) is 9.11. The molecule has 0 saturated carbocycles. The molecule has 1 aromatic rings. The zero-order chi connectivity index (χ0) is 13.8. The molecule has 2 atom stereocenters. The summed E-state index contributed by atoms with van der Waals surface area (Å²) in [5.74, 6) is 0.698. The molecule has 0 amide bonds. The highest BCUT2D eigenvalue weighted by molar-refractivity contribution is 6.32. The molecule has 0 bridgehead atoms. The molecule has 0 aliphatic carbocycles. The maximum absolute atomic E-state index is 6.41. The largest absolute Gasteiger partial charge is 0.373 e. The van der Waals surface area contributed by atoms with Gasteiger partial charge in [0.2, 0.25) is 0 Å². The van der Waals surface area contributed by atoms with Crippen molar-refractivity contribution in [2.45, 2.75) is 51.6 Å². The van der Waals surface area contributed by atoms with Crippen LogP contribution in [-0.4, -0.2) is 37.7 Å². The number of rotatable bonds is 6. The Morgan fingerprint density at radius 1 is 1.68 bits per heavy atom. The molecule has 1 aliphatic heterocycles. The van der Waals surface area contributed by atoms with Crippen molar-refractivity contribution in [3.05, 3.63) is 16.4 Å². The molecule has 1 unspecified atom stereocenters. The predicted molar refractivity (Wildman–Crippen MR) is 83.1 cm³/mol. The van der Waals surface area contributed by atoms with Crippen molar-refractivity contribution < 1.29 is 4.74 Å². The van der Waals surface area contributed by atoms with Crippen molar-refractivity contribution >= 4 is 26.9 Å². The number of hydrogen-bond donors (Lipinski definition) is 1. The van der Waals surface area contributed by atoms with Crippen LogP contribution in [0.15, 0.2) is 0 Å². The number of hydrogen-bond acceptors (Lipinski definition) is 3. The van der Waals surface area contributed by atoms with Crippen molar-refractivity contribution in [1.82, 2.24) is 15.0 Å². The summed E-state index contributed by atoms with van der Waals surface area (Å²) >= 11 is 6.41. The van der Waals surface area contributed by atoms with Crippen LogP contribution >= 0.6 is 11.6 Å². The fraction of sp³-hybridized carbons (Fsp3) is 0.750. The van der Waals surface area contributed by atoms with E-state index in [4.69, 9.17) is 16.3 Å². The molecule has 104 valence electrons. The Labute approximate surface area is 121 Å². The highest BCUT2D eigenvalue weighted by atomic mass is 35.5. The Morgan fingerprint density at radius 3 is 3.21 bits per heavy atom. The third-order valence-corrected chi connectivity index (χ3v) is 4.03. The first-order valence-corrected chi connectivity index (χ1v) is 7.54. The number of fused-ring (bicyclic) bond motifs is 1. The van der Waals surface area contributed by atoms with E-state index in [1.54, 1.807) is 0 Å². The summed E-state index contributed by atoms with van der Waals surface area (Å²) in [7, 11) is 3.23. The molecule has 2 heterocycles. The molecular weight excluding hydrogens is 259 g/mol. The lowest BCUT2D eigenvalue weighted by atomic mass is 9.79. The lowest BCUT2D eigenvalue weighted by molar-refractivity contribution is 0.105. The molecule has 1 aromatic heterocycles. The van der Waals surface area contributed by atoms with Gasteiger partial charge >= 0.3 is 0 Å². The SMILES string of the molecule is BC1CCn2nc(COC[C@H](C)NBC)c(Cl)c2C1. The first kappa shape index (κ1) is 14.9. The highest BCUT2D eigenvalue weighted by Gasteiger charge is 2.22. The van der Waals surface area contributed by atoms with E-state index in [9.17, 15) is 0 Å². The fourth-order valence-corrected chi connectivity index (χ4v) is 2.78. The summed E-state index contributed by atoms with van der Waals surface area (Å²) in [5, 5.41) is 8.69. The maximum Gasteiger partial charge on any atom is 0.198 e. The summed E-state index contributed by atoms with van der Waals surface area (Å²) in [6.45, 7) is 6.37. The average Bonchev–Trinajstić information content (AvgIpc) is 2.67. The third-order valence-electron chi connectivity index (χ3n) is 3.59. The second-order valence-electron chi connectivity index (χ2n) is 5.50. The van der Waals surface area contributed by atoms with E-state index in [2.05, 4.69) is 36.6 Å². The van der Waals surface area contributed by atoms with E-state index in [1.165, 1.54) is 12.1 Å². The number of nitrogens with one attached hydrogen (secondary N) is 1. The molecule has 19 heavy (non-hydrogen) atoms. The molecule has 0 fully saturated rings. The van der Waals surface area contributed by atoms with Gasteiger partial charge in [-0.05, 0) is 19.8 Å². The predicted octanol–water partition coefficient (Wildman–Crippen LogP) is 0.799. The van der Waals surface area contributed by atoms with Gasteiger partial charge in [-0.25, -0.2) is 0 Å². The van der Waals surface area contributed by atoms with E-state index in [0.29, 0.717) is 25.1 Å². The van der Waals surface area contributed by atoms with Gasteiger partial charge < -0.3 is 9.96 Å². The van der Waals surface area contributed by atoms with Gasteiger partial charge in [0.1, 0.15) is 13.5 Å². The molecule has 2 rings (SSSR count). The van der Waals surface area contributed by atoms with Gasteiger partial charge in [0.25, 0.3) is 0 Å². The summed E-state index contributed by atoms with van der Waals surface area (Å²) < 4.78 is 7.75. The van der Waals surface area contributed by atoms with Crippen LogP contribution in [0.3, 0.4) is 0 Å². The Bertz CT molecular complexity index is 427. The maximum atomic E-state index is 6.41. The minimum absolute atomic E-state index is 0.362. The molecule has 7 heteroatoms. The summed E-state index contributed by atoms with van der Waals surface area (Å²) in [6, 6.07) is 0.362. The van der Waals surface area contributed by atoms with Crippen LogP contribution in [0.5, 0.6) is 0 Å². The summed E-state index contributed by atoms with van der Waals surface area (Å²) in [4.78, 5) is 0. The van der Waals surface area contributed by atoms with Gasteiger partial charge in [-0.3, -0.25) is 4.68 Å². The van der Waals surface area contributed by atoms with Crippen molar-refractivity contribution in [2.75, 3.05) is 6.61 Å². The molecule has 0 radical (unpaired) electrons. The lowest BCUT2D eigenvalue weighted by Crippen LogP contribution is -2.32. The summed E-state index contributed by atoms with van der Waals surface area (Å²) in [5.41, 5.74) is 2.06. The molecular formula is C12H22B2ClN3O.